The van der Waals surface area contributed by atoms with Gasteiger partial charge in [-0.2, -0.15) is 8.78 Å². The Morgan fingerprint density at radius 3 is 2.39 bits per heavy atom. The molecule has 0 spiro atoms. The number of alkyl halides is 2. The number of para-hydroxylation sites is 2. The molecule has 0 aliphatic rings. The summed E-state index contributed by atoms with van der Waals surface area (Å²) >= 11 is 0. The Morgan fingerprint density at radius 1 is 1.07 bits per heavy atom. The smallest absolute Gasteiger partial charge is 0.387 e. The second-order valence-corrected chi connectivity index (χ2v) is 6.19. The second kappa shape index (κ2) is 10.2. The number of anilines is 1. The van der Waals surface area contributed by atoms with Crippen LogP contribution in [0.1, 0.15) is 30.9 Å². The van der Waals surface area contributed by atoms with Crippen molar-refractivity contribution in [1.82, 2.24) is 0 Å². The highest BCUT2D eigenvalue weighted by molar-refractivity contribution is 5.95. The second-order valence-electron chi connectivity index (χ2n) is 6.19. The molecular formula is C21H21F2NO4. The van der Waals surface area contributed by atoms with Gasteiger partial charge in [0.2, 0.25) is 0 Å². The van der Waals surface area contributed by atoms with Gasteiger partial charge >= 0.3 is 12.6 Å². The van der Waals surface area contributed by atoms with E-state index in [-0.39, 0.29) is 11.4 Å². The number of hydrogen-bond donors (Lipinski definition) is 1. The Labute approximate surface area is 162 Å². The maximum absolute atomic E-state index is 12.4. The maximum atomic E-state index is 12.4. The van der Waals surface area contributed by atoms with Gasteiger partial charge in [-0.05, 0) is 35.3 Å². The van der Waals surface area contributed by atoms with E-state index in [1.54, 1.807) is 12.1 Å². The van der Waals surface area contributed by atoms with Crippen molar-refractivity contribution >= 4 is 23.6 Å². The van der Waals surface area contributed by atoms with Gasteiger partial charge in [0.1, 0.15) is 5.75 Å². The lowest BCUT2D eigenvalue weighted by Gasteiger charge is -2.11. The summed E-state index contributed by atoms with van der Waals surface area (Å²) in [6.07, 6.45) is 2.79. The van der Waals surface area contributed by atoms with Gasteiger partial charge in [0, 0.05) is 6.08 Å². The van der Waals surface area contributed by atoms with Crippen molar-refractivity contribution in [1.29, 1.82) is 0 Å². The Balaban J connectivity index is 1.85. The lowest BCUT2D eigenvalue weighted by Crippen LogP contribution is -2.20. The number of hydrogen-bond acceptors (Lipinski definition) is 4. The molecule has 0 saturated heterocycles. The minimum absolute atomic E-state index is 0.0598. The summed E-state index contributed by atoms with van der Waals surface area (Å²) in [5.74, 6) is -1.13. The van der Waals surface area contributed by atoms with E-state index in [2.05, 4.69) is 23.9 Å². The number of benzene rings is 2. The van der Waals surface area contributed by atoms with Crippen molar-refractivity contribution in [2.24, 2.45) is 0 Å². The molecule has 0 atom stereocenters. The summed E-state index contributed by atoms with van der Waals surface area (Å²) < 4.78 is 33.9. The number of nitrogens with one attached hydrogen (secondary N) is 1. The van der Waals surface area contributed by atoms with Crippen molar-refractivity contribution in [3.05, 3.63) is 65.7 Å². The van der Waals surface area contributed by atoms with Crippen LogP contribution in [0.25, 0.3) is 6.08 Å². The zero-order chi connectivity index (χ0) is 20.5. The third kappa shape index (κ3) is 6.83. The van der Waals surface area contributed by atoms with Gasteiger partial charge in [0.25, 0.3) is 5.91 Å². The van der Waals surface area contributed by atoms with Crippen LogP contribution in [-0.2, 0) is 14.3 Å². The molecule has 0 radical (unpaired) electrons. The molecule has 1 N–H and O–H groups in total. The number of ether oxygens (including phenoxy) is 2. The number of esters is 1. The van der Waals surface area contributed by atoms with Crippen LogP contribution in [-0.4, -0.2) is 25.1 Å². The average Bonchev–Trinajstić information content (AvgIpc) is 2.66. The highest BCUT2D eigenvalue weighted by Gasteiger charge is 2.12. The topological polar surface area (TPSA) is 64.6 Å². The molecule has 28 heavy (non-hydrogen) atoms. The summed E-state index contributed by atoms with van der Waals surface area (Å²) in [7, 11) is 0. The van der Waals surface area contributed by atoms with E-state index in [1.165, 1.54) is 29.8 Å². The Bertz CT molecular complexity index is 833. The zero-order valence-corrected chi connectivity index (χ0v) is 15.5. The Morgan fingerprint density at radius 2 is 1.75 bits per heavy atom. The van der Waals surface area contributed by atoms with E-state index in [4.69, 9.17) is 4.74 Å². The molecule has 5 nitrogen and oxygen atoms in total. The number of amides is 1. The molecule has 0 unspecified atom stereocenters. The highest BCUT2D eigenvalue weighted by atomic mass is 19.3. The molecule has 0 aliphatic heterocycles. The fraction of sp³-hybridized carbons (Fsp3) is 0.238. The van der Waals surface area contributed by atoms with Gasteiger partial charge in [-0.25, -0.2) is 4.79 Å². The molecule has 0 aromatic heterocycles. The van der Waals surface area contributed by atoms with Crippen LogP contribution in [0.3, 0.4) is 0 Å². The van der Waals surface area contributed by atoms with Gasteiger partial charge < -0.3 is 14.8 Å². The van der Waals surface area contributed by atoms with Crippen molar-refractivity contribution in [3.63, 3.8) is 0 Å². The molecule has 0 saturated carbocycles. The van der Waals surface area contributed by atoms with Crippen LogP contribution >= 0.6 is 0 Å². The van der Waals surface area contributed by atoms with E-state index in [9.17, 15) is 18.4 Å². The molecule has 2 rings (SSSR count). The molecular weight excluding hydrogens is 368 g/mol. The fourth-order valence-electron chi connectivity index (χ4n) is 2.30. The van der Waals surface area contributed by atoms with E-state index in [0.717, 1.165) is 5.56 Å². The molecule has 0 aliphatic carbocycles. The quantitative estimate of drug-likeness (QED) is 0.529. The largest absolute Gasteiger partial charge is 0.452 e. The van der Waals surface area contributed by atoms with Crippen molar-refractivity contribution < 1.29 is 27.8 Å². The van der Waals surface area contributed by atoms with E-state index >= 15 is 0 Å². The van der Waals surface area contributed by atoms with Crippen molar-refractivity contribution in [2.45, 2.75) is 26.4 Å². The summed E-state index contributed by atoms with van der Waals surface area (Å²) in [4.78, 5) is 23.6. The first-order valence-electron chi connectivity index (χ1n) is 8.63. The van der Waals surface area contributed by atoms with E-state index in [1.807, 2.05) is 24.3 Å². The molecule has 0 fully saturated rings. The first-order chi connectivity index (χ1) is 13.3. The third-order valence-electron chi connectivity index (χ3n) is 3.74. The first-order valence-corrected chi connectivity index (χ1v) is 8.63. The molecule has 2 aromatic carbocycles. The minimum Gasteiger partial charge on any atom is -0.452 e. The van der Waals surface area contributed by atoms with Crippen LogP contribution in [0, 0.1) is 0 Å². The van der Waals surface area contributed by atoms with Gasteiger partial charge in [-0.15, -0.1) is 0 Å². The van der Waals surface area contributed by atoms with Crippen LogP contribution < -0.4 is 10.1 Å². The summed E-state index contributed by atoms with van der Waals surface area (Å²) in [5.41, 5.74) is 2.07. The molecule has 0 bridgehead atoms. The van der Waals surface area contributed by atoms with E-state index < -0.39 is 25.1 Å². The number of carbonyl (C=O) groups is 2. The predicted octanol–water partition coefficient (Wildman–Crippen LogP) is 4.61. The first kappa shape index (κ1) is 21.1. The monoisotopic (exact) mass is 389 g/mol. The van der Waals surface area contributed by atoms with Gasteiger partial charge in [0.05, 0.1) is 5.69 Å². The molecule has 0 heterocycles. The van der Waals surface area contributed by atoms with Crippen molar-refractivity contribution in [2.75, 3.05) is 11.9 Å². The van der Waals surface area contributed by atoms with Gasteiger partial charge in [-0.3, -0.25) is 4.79 Å². The Kier molecular flexibility index (Phi) is 7.68. The highest BCUT2D eigenvalue weighted by Crippen LogP contribution is 2.25. The number of carbonyl (C=O) groups excluding carboxylic acids is 2. The average molecular weight is 389 g/mol. The summed E-state index contributed by atoms with van der Waals surface area (Å²) in [6.45, 7) is 0.602. The minimum atomic E-state index is -3.02. The lowest BCUT2D eigenvalue weighted by molar-refractivity contribution is -0.142. The maximum Gasteiger partial charge on any atom is 0.387 e. The SMILES string of the molecule is CC(C)c1ccc(/C=C/C(=O)OCC(=O)Nc2ccccc2OC(F)F)cc1. The van der Waals surface area contributed by atoms with Gasteiger partial charge in [-0.1, -0.05) is 50.2 Å². The lowest BCUT2D eigenvalue weighted by atomic mass is 10.0. The van der Waals surface area contributed by atoms with Crippen LogP contribution in [0.2, 0.25) is 0 Å². The number of rotatable bonds is 8. The standard InChI is InChI=1S/C21H21F2NO4/c1-14(2)16-10-7-15(8-11-16)9-12-20(26)27-13-19(25)24-17-5-3-4-6-18(17)28-21(22)23/h3-12,14,21H,13H2,1-2H3,(H,24,25)/b12-9+. The molecule has 7 heteroatoms. The molecule has 2 aromatic rings. The van der Waals surface area contributed by atoms with E-state index in [0.29, 0.717) is 5.92 Å². The van der Waals surface area contributed by atoms with Crippen LogP contribution in [0.5, 0.6) is 5.75 Å². The molecule has 148 valence electrons. The molecule has 1 amide bonds. The van der Waals surface area contributed by atoms with Crippen LogP contribution in [0.15, 0.2) is 54.6 Å². The van der Waals surface area contributed by atoms with Gasteiger partial charge in [0.15, 0.2) is 6.61 Å². The zero-order valence-electron chi connectivity index (χ0n) is 15.5. The summed E-state index contributed by atoms with van der Waals surface area (Å²) in [6, 6.07) is 13.4. The Hall–Kier alpha value is -3.22. The summed E-state index contributed by atoms with van der Waals surface area (Å²) in [5, 5.41) is 2.36. The predicted molar refractivity (Wildman–Crippen MR) is 102 cm³/mol. The van der Waals surface area contributed by atoms with Crippen molar-refractivity contribution in [3.8, 4) is 5.75 Å². The fourth-order valence-corrected chi connectivity index (χ4v) is 2.30. The van der Waals surface area contributed by atoms with Crippen LogP contribution in [0.4, 0.5) is 14.5 Å². The third-order valence-corrected chi connectivity index (χ3v) is 3.74. The normalized spacial score (nSPS) is 11.1. The number of halogens is 2.